The molecule has 0 aliphatic heterocycles. The number of ketones is 4. The van der Waals surface area contributed by atoms with Crippen molar-refractivity contribution >= 4 is 44.7 Å². The molecule has 0 atom stereocenters. The average Bonchev–Trinajstić information content (AvgIpc) is 2.83. The molecule has 4 aromatic carbocycles. The summed E-state index contributed by atoms with van der Waals surface area (Å²) in [6.45, 7) is 1.74. The number of hydrogen-bond donors (Lipinski definition) is 0. The van der Waals surface area contributed by atoms with Crippen molar-refractivity contribution in [2.24, 2.45) is 0 Å². The van der Waals surface area contributed by atoms with E-state index >= 15 is 0 Å². The molecule has 0 bridgehead atoms. The minimum atomic E-state index is -1.26. The highest BCUT2D eigenvalue weighted by molar-refractivity contribution is 6.78. The molecule has 0 spiro atoms. The highest BCUT2D eigenvalue weighted by Crippen LogP contribution is 2.35. The van der Waals surface area contributed by atoms with Crippen molar-refractivity contribution in [1.29, 1.82) is 0 Å². The number of carbonyl (C=O) groups is 4. The molecule has 0 aromatic heterocycles. The van der Waals surface area contributed by atoms with Crippen LogP contribution in [0.1, 0.15) is 36.8 Å². The number of rotatable bonds is 8. The maximum Gasteiger partial charge on any atom is 0.273 e. The van der Waals surface area contributed by atoms with Crippen LogP contribution in [0.3, 0.4) is 0 Å². The Hall–Kier alpha value is -3.92. The monoisotopic (exact) mass is 422 g/mol. The Balaban J connectivity index is 1.93. The van der Waals surface area contributed by atoms with E-state index in [0.717, 1.165) is 21.5 Å². The van der Waals surface area contributed by atoms with Gasteiger partial charge in [-0.05, 0) is 39.1 Å². The van der Waals surface area contributed by atoms with E-state index in [9.17, 15) is 19.2 Å². The first-order chi connectivity index (χ1) is 15.5. The summed E-state index contributed by atoms with van der Waals surface area (Å²) in [4.78, 5) is 51.0. The van der Waals surface area contributed by atoms with E-state index in [1.165, 1.54) is 0 Å². The van der Waals surface area contributed by atoms with Crippen molar-refractivity contribution in [3.63, 3.8) is 0 Å². The zero-order valence-electron chi connectivity index (χ0n) is 17.7. The van der Waals surface area contributed by atoms with Crippen molar-refractivity contribution in [3.05, 3.63) is 96.1 Å². The molecule has 0 saturated heterocycles. The van der Waals surface area contributed by atoms with Crippen LogP contribution in [0.25, 0.3) is 21.5 Å². The lowest BCUT2D eigenvalue weighted by atomic mass is 9.80. The molecule has 4 heteroatoms. The number of Topliss-reactive ketones (excluding diaryl/α,β-unsaturated/α-hetero) is 4. The van der Waals surface area contributed by atoms with E-state index < -0.39 is 29.1 Å². The van der Waals surface area contributed by atoms with Gasteiger partial charge in [-0.1, -0.05) is 91.9 Å². The van der Waals surface area contributed by atoms with Gasteiger partial charge >= 0.3 is 0 Å². The predicted octanol–water partition coefficient (Wildman–Crippen LogP) is 5.20. The van der Waals surface area contributed by atoms with Crippen molar-refractivity contribution in [2.75, 3.05) is 0 Å². The Bertz CT molecular complexity index is 1280. The molecule has 0 unspecified atom stereocenters. The molecule has 0 heterocycles. The third-order valence-electron chi connectivity index (χ3n) is 5.69. The van der Waals surface area contributed by atoms with Gasteiger partial charge in [0, 0.05) is 6.42 Å². The van der Waals surface area contributed by atoms with Crippen LogP contribution in [0.2, 0.25) is 0 Å². The van der Waals surface area contributed by atoms with E-state index in [1.54, 1.807) is 19.1 Å². The third kappa shape index (κ3) is 3.87. The SMILES string of the molecule is CCCC(=O)C(=O)C(=O)C(=O)C(c1cccc2ccccc12)c1cccc2ccccc12. The Morgan fingerprint density at radius 2 is 1.09 bits per heavy atom. The summed E-state index contributed by atoms with van der Waals surface area (Å²) in [5.41, 5.74) is 1.27. The van der Waals surface area contributed by atoms with E-state index in [4.69, 9.17) is 0 Å². The Morgan fingerprint density at radius 3 is 1.59 bits per heavy atom. The maximum atomic E-state index is 13.6. The molecular weight excluding hydrogens is 400 g/mol. The van der Waals surface area contributed by atoms with Gasteiger partial charge in [0.2, 0.25) is 11.6 Å². The van der Waals surface area contributed by atoms with Gasteiger partial charge in [0.25, 0.3) is 11.6 Å². The Kier molecular flexibility index (Phi) is 6.04. The van der Waals surface area contributed by atoms with Crippen LogP contribution in [0.15, 0.2) is 84.9 Å². The van der Waals surface area contributed by atoms with E-state index in [-0.39, 0.29) is 6.42 Å². The summed E-state index contributed by atoms with van der Waals surface area (Å²) in [5.74, 6) is -5.19. The fourth-order valence-corrected chi connectivity index (χ4v) is 4.16. The number of fused-ring (bicyclic) bond motifs is 2. The molecule has 0 amide bonds. The van der Waals surface area contributed by atoms with Crippen LogP contribution in [0.5, 0.6) is 0 Å². The molecule has 0 N–H and O–H groups in total. The molecule has 0 fully saturated rings. The van der Waals surface area contributed by atoms with Gasteiger partial charge in [-0.2, -0.15) is 0 Å². The molecule has 4 nitrogen and oxygen atoms in total. The molecular formula is C28H22O4. The minimum absolute atomic E-state index is 0.0505. The summed E-state index contributed by atoms with van der Waals surface area (Å²) in [6, 6.07) is 26.3. The molecule has 0 saturated carbocycles. The maximum absolute atomic E-state index is 13.6. The zero-order chi connectivity index (χ0) is 22.7. The number of carbonyl (C=O) groups excluding carboxylic acids is 4. The molecule has 158 valence electrons. The van der Waals surface area contributed by atoms with Crippen LogP contribution in [-0.4, -0.2) is 23.1 Å². The highest BCUT2D eigenvalue weighted by Gasteiger charge is 2.36. The van der Waals surface area contributed by atoms with Crippen LogP contribution in [0, 0.1) is 0 Å². The standard InChI is InChI=1S/C28H22O4/c1-2-9-24(29)26(30)28(32)27(31)25(22-16-7-12-18-10-3-5-14-20(18)22)23-17-8-13-19-11-4-6-15-21(19)23/h3-8,10-17,25H,2,9H2,1H3. The minimum Gasteiger partial charge on any atom is -0.290 e. The second kappa shape index (κ2) is 9.06. The summed E-state index contributed by atoms with van der Waals surface area (Å²) in [6.07, 6.45) is 0.382. The van der Waals surface area contributed by atoms with Gasteiger partial charge in [0.05, 0.1) is 5.92 Å². The first-order valence-corrected chi connectivity index (χ1v) is 10.6. The zero-order valence-corrected chi connectivity index (χ0v) is 17.7. The van der Waals surface area contributed by atoms with Crippen molar-refractivity contribution < 1.29 is 19.2 Å². The first kappa shape index (κ1) is 21.3. The topological polar surface area (TPSA) is 68.3 Å². The second-order valence-corrected chi connectivity index (χ2v) is 7.77. The van der Waals surface area contributed by atoms with Crippen molar-refractivity contribution in [3.8, 4) is 0 Å². The van der Waals surface area contributed by atoms with Crippen molar-refractivity contribution in [1.82, 2.24) is 0 Å². The van der Waals surface area contributed by atoms with Crippen molar-refractivity contribution in [2.45, 2.75) is 25.7 Å². The van der Waals surface area contributed by atoms with Crippen LogP contribution >= 0.6 is 0 Å². The van der Waals surface area contributed by atoms with Gasteiger partial charge in [-0.3, -0.25) is 19.2 Å². The quantitative estimate of drug-likeness (QED) is 0.289. The van der Waals surface area contributed by atoms with Gasteiger partial charge in [-0.25, -0.2) is 0 Å². The smallest absolute Gasteiger partial charge is 0.273 e. The average molecular weight is 422 g/mol. The summed E-state index contributed by atoms with van der Waals surface area (Å²) >= 11 is 0. The van der Waals surface area contributed by atoms with E-state index in [0.29, 0.717) is 17.5 Å². The third-order valence-corrected chi connectivity index (χ3v) is 5.69. The fourth-order valence-electron chi connectivity index (χ4n) is 4.16. The molecule has 0 aliphatic carbocycles. The second-order valence-electron chi connectivity index (χ2n) is 7.77. The molecule has 0 radical (unpaired) electrons. The Morgan fingerprint density at radius 1 is 0.625 bits per heavy atom. The molecule has 4 rings (SSSR count). The first-order valence-electron chi connectivity index (χ1n) is 10.6. The number of benzene rings is 4. The number of hydrogen-bond acceptors (Lipinski definition) is 4. The fraction of sp³-hybridized carbons (Fsp3) is 0.143. The molecule has 4 aromatic rings. The summed E-state index contributed by atoms with van der Waals surface area (Å²) in [5, 5.41) is 3.48. The lowest BCUT2D eigenvalue weighted by molar-refractivity contribution is -0.148. The van der Waals surface area contributed by atoms with Gasteiger partial charge < -0.3 is 0 Å². The van der Waals surface area contributed by atoms with E-state index in [2.05, 4.69) is 0 Å². The van der Waals surface area contributed by atoms with Crippen LogP contribution in [0.4, 0.5) is 0 Å². The largest absolute Gasteiger partial charge is 0.290 e. The lowest BCUT2D eigenvalue weighted by Crippen LogP contribution is -2.34. The summed E-state index contributed by atoms with van der Waals surface area (Å²) < 4.78 is 0. The lowest BCUT2D eigenvalue weighted by Gasteiger charge is -2.20. The highest BCUT2D eigenvalue weighted by atomic mass is 16.2. The van der Waals surface area contributed by atoms with Gasteiger partial charge in [0.15, 0.2) is 0 Å². The Labute approximate surface area is 185 Å². The predicted molar refractivity (Wildman–Crippen MR) is 125 cm³/mol. The van der Waals surface area contributed by atoms with E-state index in [1.807, 2.05) is 72.8 Å². The molecule has 32 heavy (non-hydrogen) atoms. The van der Waals surface area contributed by atoms with Gasteiger partial charge in [0.1, 0.15) is 0 Å². The van der Waals surface area contributed by atoms with Crippen LogP contribution in [-0.2, 0) is 19.2 Å². The summed E-state index contributed by atoms with van der Waals surface area (Å²) in [7, 11) is 0. The normalized spacial score (nSPS) is 11.1. The van der Waals surface area contributed by atoms with Crippen LogP contribution < -0.4 is 0 Å². The van der Waals surface area contributed by atoms with Gasteiger partial charge in [-0.15, -0.1) is 0 Å². The molecule has 0 aliphatic rings.